The van der Waals surface area contributed by atoms with Gasteiger partial charge in [-0.1, -0.05) is 38.8 Å². The summed E-state index contributed by atoms with van der Waals surface area (Å²) in [5.74, 6) is -0.220. The van der Waals surface area contributed by atoms with Gasteiger partial charge in [0.15, 0.2) is 19.3 Å². The summed E-state index contributed by atoms with van der Waals surface area (Å²) in [5, 5.41) is 0.189. The van der Waals surface area contributed by atoms with Crippen molar-refractivity contribution in [3.8, 4) is 6.01 Å². The molecule has 2 saturated heterocycles. The zero-order valence-corrected chi connectivity index (χ0v) is 30.7. The molecule has 13 heteroatoms. The van der Waals surface area contributed by atoms with Crippen molar-refractivity contribution in [3.05, 3.63) is 17.2 Å². The highest BCUT2D eigenvalue weighted by Gasteiger charge is 2.51. The van der Waals surface area contributed by atoms with Gasteiger partial charge in [-0.25, -0.2) is 14.2 Å². The van der Waals surface area contributed by atoms with E-state index in [1.54, 1.807) is 0 Å². The SMILES string of the molecule is CC(C)(C)OC(=O)N1CCC[C@@]2(COc3nc(N4CCOC[C@@](C)(O[Si](C)(C)C(C)(C)C)C4)c4cnc(Cl)c(F)c4n3)CCC[C@@H]12. The minimum atomic E-state index is -2.16. The molecule has 0 aromatic carbocycles. The van der Waals surface area contributed by atoms with Crippen LogP contribution in [0.4, 0.5) is 15.0 Å². The molecule has 0 unspecified atom stereocenters. The van der Waals surface area contributed by atoms with E-state index < -0.39 is 25.3 Å². The molecule has 10 nitrogen and oxygen atoms in total. The first-order valence-electron chi connectivity index (χ1n) is 16.5. The van der Waals surface area contributed by atoms with E-state index in [-0.39, 0.29) is 39.3 Å². The van der Waals surface area contributed by atoms with Gasteiger partial charge in [0.2, 0.25) is 0 Å². The molecule has 3 fully saturated rings. The van der Waals surface area contributed by atoms with Crippen LogP contribution in [-0.2, 0) is 13.9 Å². The quantitative estimate of drug-likeness (QED) is 0.229. The number of pyridine rings is 1. The van der Waals surface area contributed by atoms with Gasteiger partial charge in [-0.2, -0.15) is 9.97 Å². The fourth-order valence-electron chi connectivity index (χ4n) is 6.95. The minimum absolute atomic E-state index is 0.00919. The molecule has 2 aromatic rings. The summed E-state index contributed by atoms with van der Waals surface area (Å²) in [6.07, 6.45) is 5.75. The van der Waals surface area contributed by atoms with Crippen LogP contribution < -0.4 is 9.64 Å². The number of nitrogens with zero attached hydrogens (tertiary/aromatic N) is 5. The fraction of sp³-hybridized carbons (Fsp3) is 0.758. The van der Waals surface area contributed by atoms with Gasteiger partial charge in [-0.3, -0.25) is 0 Å². The van der Waals surface area contributed by atoms with Crippen molar-refractivity contribution in [3.63, 3.8) is 0 Å². The average Bonchev–Trinajstić information content (AvgIpc) is 3.28. The standard InChI is InChI=1S/C33H51ClFN5O5Si/c1-30(2,3)44-29(41)40-15-11-14-33(13-10-12-23(33)40)21-43-28-37-25-22(18-36-26(34)24(25)35)27(38-28)39-16-17-42-20-32(7,19-39)45-46(8,9)31(4,5)6/h18,23H,10-17,19-21H2,1-9H3/t23-,32+,33-/m1/s1. The molecule has 0 radical (unpaired) electrons. The maximum absolute atomic E-state index is 15.5. The molecule has 1 amide bonds. The first kappa shape index (κ1) is 35.0. The number of hydrogen-bond donors (Lipinski definition) is 0. The van der Waals surface area contributed by atoms with Gasteiger partial charge < -0.3 is 28.4 Å². The van der Waals surface area contributed by atoms with E-state index in [2.05, 4.69) is 55.7 Å². The Morgan fingerprint density at radius 1 is 1.15 bits per heavy atom. The molecular formula is C33H51ClFN5O5Si. The lowest BCUT2D eigenvalue weighted by Crippen LogP contribution is -2.55. The second kappa shape index (κ2) is 12.6. The minimum Gasteiger partial charge on any atom is -0.463 e. The van der Waals surface area contributed by atoms with Crippen LogP contribution in [0, 0.1) is 11.2 Å². The number of anilines is 1. The van der Waals surface area contributed by atoms with Crippen molar-refractivity contribution < 1.29 is 27.8 Å². The Hall–Kier alpha value is -2.28. The third-order valence-corrected chi connectivity index (χ3v) is 15.0. The first-order valence-corrected chi connectivity index (χ1v) is 19.8. The maximum atomic E-state index is 15.5. The van der Waals surface area contributed by atoms with Gasteiger partial charge in [0.25, 0.3) is 0 Å². The molecule has 5 rings (SSSR count). The number of carbonyl (C=O) groups excluding carboxylic acids is 1. The van der Waals surface area contributed by atoms with E-state index in [0.29, 0.717) is 50.7 Å². The molecule has 0 spiro atoms. The molecule has 46 heavy (non-hydrogen) atoms. The van der Waals surface area contributed by atoms with Crippen LogP contribution in [0.1, 0.15) is 80.6 Å². The summed E-state index contributed by atoms with van der Waals surface area (Å²) >= 11 is 6.14. The molecule has 1 aliphatic carbocycles. The number of aromatic nitrogens is 3. The molecule has 3 aliphatic rings. The van der Waals surface area contributed by atoms with Gasteiger partial charge in [-0.05, 0) is 71.5 Å². The number of rotatable bonds is 6. The van der Waals surface area contributed by atoms with Gasteiger partial charge in [0, 0.05) is 37.3 Å². The predicted octanol–water partition coefficient (Wildman–Crippen LogP) is 7.38. The number of hydrogen-bond acceptors (Lipinski definition) is 9. The summed E-state index contributed by atoms with van der Waals surface area (Å²) in [6.45, 7) is 21.6. The second-order valence-corrected chi connectivity index (χ2v) is 21.2. The number of carbonyl (C=O) groups is 1. The Labute approximate surface area is 278 Å². The van der Waals surface area contributed by atoms with Gasteiger partial charge in [0.1, 0.15) is 16.9 Å². The van der Waals surface area contributed by atoms with Crippen LogP contribution in [0.5, 0.6) is 6.01 Å². The third-order valence-electron chi connectivity index (χ3n) is 10.1. The van der Waals surface area contributed by atoms with Crippen molar-refractivity contribution in [2.75, 3.05) is 44.4 Å². The van der Waals surface area contributed by atoms with Crippen LogP contribution in [0.3, 0.4) is 0 Å². The lowest BCUT2D eigenvalue weighted by atomic mass is 9.75. The van der Waals surface area contributed by atoms with E-state index in [0.717, 1.165) is 32.1 Å². The Morgan fingerprint density at radius 2 is 1.87 bits per heavy atom. The monoisotopic (exact) mass is 679 g/mol. The number of likely N-dealkylation sites (tertiary alicyclic amines) is 1. The number of amides is 1. The highest BCUT2D eigenvalue weighted by molar-refractivity contribution is 6.74. The number of halogens is 2. The summed E-state index contributed by atoms with van der Waals surface area (Å²) in [4.78, 5) is 30.6. The van der Waals surface area contributed by atoms with Crippen LogP contribution in [0.2, 0.25) is 23.3 Å². The number of ether oxygens (including phenoxy) is 3. The first-order chi connectivity index (χ1) is 21.3. The molecule has 2 aliphatic heterocycles. The van der Waals surface area contributed by atoms with Gasteiger partial charge >= 0.3 is 12.1 Å². The topological polar surface area (TPSA) is 99.1 Å². The third kappa shape index (κ3) is 7.24. The van der Waals surface area contributed by atoms with Gasteiger partial charge in [-0.15, -0.1) is 0 Å². The fourth-order valence-corrected chi connectivity index (χ4v) is 8.75. The second-order valence-electron chi connectivity index (χ2n) is 16.1. The van der Waals surface area contributed by atoms with Crippen molar-refractivity contribution in [1.82, 2.24) is 19.9 Å². The van der Waals surface area contributed by atoms with E-state index in [4.69, 9.17) is 35.2 Å². The molecule has 0 bridgehead atoms. The normalized spacial score (nSPS) is 26.2. The molecule has 2 aromatic heterocycles. The molecule has 1 saturated carbocycles. The van der Waals surface area contributed by atoms with Crippen LogP contribution in [0.25, 0.3) is 10.9 Å². The van der Waals surface area contributed by atoms with Crippen molar-refractivity contribution in [2.45, 2.75) is 116 Å². The zero-order valence-electron chi connectivity index (χ0n) is 29.0. The highest BCUT2D eigenvalue weighted by atomic mass is 35.5. The molecule has 256 valence electrons. The summed E-state index contributed by atoms with van der Waals surface area (Å²) in [7, 11) is -2.16. The van der Waals surface area contributed by atoms with E-state index in [9.17, 15) is 4.79 Å². The number of fused-ring (bicyclic) bond motifs is 2. The van der Waals surface area contributed by atoms with Crippen molar-refractivity contribution in [2.24, 2.45) is 5.41 Å². The molecule has 3 atom stereocenters. The Balaban J connectivity index is 1.46. The summed E-state index contributed by atoms with van der Waals surface area (Å²) in [6, 6.07) is 0.0534. The zero-order chi connectivity index (χ0) is 33.7. The molecule has 4 heterocycles. The molecular weight excluding hydrogens is 629 g/mol. The molecule has 0 N–H and O–H groups in total. The predicted molar refractivity (Wildman–Crippen MR) is 180 cm³/mol. The van der Waals surface area contributed by atoms with E-state index in [1.807, 2.05) is 25.7 Å². The van der Waals surface area contributed by atoms with Crippen LogP contribution in [-0.4, -0.2) is 91.0 Å². The lowest BCUT2D eigenvalue weighted by molar-refractivity contribution is -0.0282. The summed E-state index contributed by atoms with van der Waals surface area (Å²) in [5.41, 5.74) is -1.42. The number of piperidine rings is 1. The summed E-state index contributed by atoms with van der Waals surface area (Å²) < 4.78 is 40.7. The lowest BCUT2D eigenvalue weighted by Gasteiger charge is -2.46. The van der Waals surface area contributed by atoms with Crippen LogP contribution >= 0.6 is 11.6 Å². The largest absolute Gasteiger partial charge is 0.463 e. The average molecular weight is 680 g/mol. The maximum Gasteiger partial charge on any atom is 0.410 e. The van der Waals surface area contributed by atoms with E-state index >= 15 is 4.39 Å². The van der Waals surface area contributed by atoms with Crippen molar-refractivity contribution in [1.29, 1.82) is 0 Å². The Kier molecular flexibility index (Phi) is 9.62. The van der Waals surface area contributed by atoms with E-state index in [1.165, 1.54) is 6.20 Å². The van der Waals surface area contributed by atoms with Crippen LogP contribution in [0.15, 0.2) is 6.20 Å². The Morgan fingerprint density at radius 3 is 2.57 bits per heavy atom. The Bertz CT molecular complexity index is 1450. The van der Waals surface area contributed by atoms with Gasteiger partial charge in [0.05, 0.1) is 30.8 Å². The highest BCUT2D eigenvalue weighted by Crippen LogP contribution is 2.48. The smallest absolute Gasteiger partial charge is 0.410 e. The van der Waals surface area contributed by atoms with Crippen molar-refractivity contribution >= 4 is 42.7 Å².